The number of carbonyl (C=O) groups excluding carboxylic acids is 1. The molecule has 4 nitrogen and oxygen atoms in total. The van der Waals surface area contributed by atoms with E-state index in [4.69, 9.17) is 9.15 Å². The monoisotopic (exact) mass is 257 g/mol. The van der Waals surface area contributed by atoms with Gasteiger partial charge in [0.25, 0.3) is 5.91 Å². The zero-order valence-corrected chi connectivity index (χ0v) is 10.5. The van der Waals surface area contributed by atoms with Gasteiger partial charge in [0, 0.05) is 5.56 Å². The summed E-state index contributed by atoms with van der Waals surface area (Å²) >= 11 is 0. The van der Waals surface area contributed by atoms with Gasteiger partial charge in [0.2, 0.25) is 0 Å². The summed E-state index contributed by atoms with van der Waals surface area (Å²) in [6.45, 7) is 4.40. The Morgan fingerprint density at radius 3 is 2.74 bits per heavy atom. The van der Waals surface area contributed by atoms with Crippen molar-refractivity contribution in [2.45, 2.75) is 6.54 Å². The first-order valence-corrected chi connectivity index (χ1v) is 5.94. The van der Waals surface area contributed by atoms with Crippen LogP contribution in [0.3, 0.4) is 0 Å². The van der Waals surface area contributed by atoms with Crippen molar-refractivity contribution in [3.63, 3.8) is 0 Å². The van der Waals surface area contributed by atoms with Crippen LogP contribution in [0.2, 0.25) is 0 Å². The molecule has 2 aromatic rings. The summed E-state index contributed by atoms with van der Waals surface area (Å²) < 4.78 is 10.5. The number of rotatable bonds is 6. The summed E-state index contributed by atoms with van der Waals surface area (Å²) in [5.41, 5.74) is 0.581. The molecule has 0 aliphatic heterocycles. The fourth-order valence-electron chi connectivity index (χ4n) is 1.54. The number of benzene rings is 1. The first-order valence-electron chi connectivity index (χ1n) is 5.94. The Morgan fingerprint density at radius 1 is 1.32 bits per heavy atom. The highest BCUT2D eigenvalue weighted by molar-refractivity contribution is 5.94. The maximum Gasteiger partial charge on any atom is 0.251 e. The van der Waals surface area contributed by atoms with E-state index in [1.807, 2.05) is 6.07 Å². The number of amides is 1. The second kappa shape index (κ2) is 6.44. The van der Waals surface area contributed by atoms with E-state index in [1.54, 1.807) is 42.7 Å². The molecule has 1 heterocycles. The molecular formula is C15H15NO3. The van der Waals surface area contributed by atoms with Gasteiger partial charge in [-0.15, -0.1) is 0 Å². The number of hydrogen-bond acceptors (Lipinski definition) is 3. The predicted molar refractivity (Wildman–Crippen MR) is 72.0 cm³/mol. The Labute approximate surface area is 111 Å². The molecule has 0 bridgehead atoms. The number of furan rings is 1. The second-order valence-electron chi connectivity index (χ2n) is 3.89. The Kier molecular flexibility index (Phi) is 4.39. The van der Waals surface area contributed by atoms with Crippen molar-refractivity contribution in [2.24, 2.45) is 0 Å². The van der Waals surface area contributed by atoms with Crippen molar-refractivity contribution in [3.05, 3.63) is 66.6 Å². The minimum atomic E-state index is -0.147. The van der Waals surface area contributed by atoms with Crippen LogP contribution in [0.5, 0.6) is 5.75 Å². The van der Waals surface area contributed by atoms with Crippen molar-refractivity contribution >= 4 is 5.91 Å². The molecule has 98 valence electrons. The zero-order valence-electron chi connectivity index (χ0n) is 10.5. The largest absolute Gasteiger partial charge is 0.490 e. The third-order valence-electron chi connectivity index (χ3n) is 2.49. The predicted octanol–water partition coefficient (Wildman–Crippen LogP) is 2.77. The number of ether oxygens (including phenoxy) is 1. The lowest BCUT2D eigenvalue weighted by atomic mass is 10.2. The molecule has 0 saturated carbocycles. The lowest BCUT2D eigenvalue weighted by molar-refractivity contribution is 0.0948. The van der Waals surface area contributed by atoms with Crippen LogP contribution in [0.15, 0.2) is 59.7 Å². The van der Waals surface area contributed by atoms with Gasteiger partial charge in [-0.1, -0.05) is 12.7 Å². The van der Waals surface area contributed by atoms with Crippen LogP contribution in [0.25, 0.3) is 0 Å². The zero-order chi connectivity index (χ0) is 13.5. The van der Waals surface area contributed by atoms with E-state index in [0.29, 0.717) is 24.5 Å². The number of nitrogens with one attached hydrogen (secondary N) is 1. The first kappa shape index (κ1) is 13.0. The Hall–Kier alpha value is -2.49. The van der Waals surface area contributed by atoms with Gasteiger partial charge in [-0.3, -0.25) is 4.79 Å². The molecule has 4 heteroatoms. The molecule has 19 heavy (non-hydrogen) atoms. The SMILES string of the molecule is C=CCOc1ccc(C(=O)NCc2ccco2)cc1. The molecule has 0 saturated heterocycles. The third kappa shape index (κ3) is 3.74. The molecule has 0 aliphatic rings. The van der Waals surface area contributed by atoms with E-state index in [1.165, 1.54) is 0 Å². The molecule has 0 spiro atoms. The molecule has 0 aliphatic carbocycles. The van der Waals surface area contributed by atoms with Crippen LogP contribution in [-0.4, -0.2) is 12.5 Å². The van der Waals surface area contributed by atoms with Crippen LogP contribution in [-0.2, 0) is 6.54 Å². The van der Waals surface area contributed by atoms with E-state index in [-0.39, 0.29) is 5.91 Å². The van der Waals surface area contributed by atoms with Gasteiger partial charge in [0.1, 0.15) is 18.1 Å². The maximum atomic E-state index is 11.9. The summed E-state index contributed by atoms with van der Waals surface area (Å²) in [6.07, 6.45) is 3.25. The van der Waals surface area contributed by atoms with Crippen molar-refractivity contribution < 1.29 is 13.9 Å². The fraction of sp³-hybridized carbons (Fsp3) is 0.133. The van der Waals surface area contributed by atoms with Crippen molar-refractivity contribution in [1.29, 1.82) is 0 Å². The molecule has 2 rings (SSSR count). The second-order valence-corrected chi connectivity index (χ2v) is 3.89. The standard InChI is InChI=1S/C15H15NO3/c1-2-9-18-13-7-5-12(6-8-13)15(17)16-11-14-4-3-10-19-14/h2-8,10H,1,9,11H2,(H,16,17). The van der Waals surface area contributed by atoms with Crippen molar-refractivity contribution in [1.82, 2.24) is 5.32 Å². The number of hydrogen-bond donors (Lipinski definition) is 1. The molecule has 0 radical (unpaired) electrons. The summed E-state index contributed by atoms with van der Waals surface area (Å²) in [6, 6.07) is 10.5. The van der Waals surface area contributed by atoms with Gasteiger partial charge in [-0.05, 0) is 36.4 Å². The molecule has 1 N–H and O–H groups in total. The lowest BCUT2D eigenvalue weighted by Gasteiger charge is -2.05. The summed E-state index contributed by atoms with van der Waals surface area (Å²) in [5, 5.41) is 2.77. The minimum absolute atomic E-state index is 0.147. The Morgan fingerprint density at radius 2 is 2.11 bits per heavy atom. The Bertz CT molecular complexity index is 529. The highest BCUT2D eigenvalue weighted by atomic mass is 16.5. The lowest BCUT2D eigenvalue weighted by Crippen LogP contribution is -2.22. The van der Waals surface area contributed by atoms with Gasteiger partial charge in [-0.2, -0.15) is 0 Å². The smallest absolute Gasteiger partial charge is 0.251 e. The van der Waals surface area contributed by atoms with E-state index in [9.17, 15) is 4.79 Å². The van der Waals surface area contributed by atoms with Gasteiger partial charge in [0.15, 0.2) is 0 Å². The van der Waals surface area contributed by atoms with Crippen LogP contribution in [0.1, 0.15) is 16.1 Å². The normalized spacial score (nSPS) is 9.89. The molecule has 0 atom stereocenters. The summed E-state index contributed by atoms with van der Waals surface area (Å²) in [7, 11) is 0. The summed E-state index contributed by atoms with van der Waals surface area (Å²) in [4.78, 5) is 11.9. The molecule has 1 amide bonds. The first-order chi connectivity index (χ1) is 9.29. The number of carbonyl (C=O) groups is 1. The topological polar surface area (TPSA) is 51.5 Å². The molecule has 0 unspecified atom stereocenters. The maximum absolute atomic E-state index is 11.9. The van der Waals surface area contributed by atoms with E-state index < -0.39 is 0 Å². The van der Waals surface area contributed by atoms with Crippen LogP contribution >= 0.6 is 0 Å². The van der Waals surface area contributed by atoms with Crippen LogP contribution in [0, 0.1) is 0 Å². The highest BCUT2D eigenvalue weighted by Crippen LogP contribution is 2.12. The molecule has 0 fully saturated rings. The van der Waals surface area contributed by atoms with E-state index in [2.05, 4.69) is 11.9 Å². The molecule has 1 aromatic carbocycles. The Balaban J connectivity index is 1.90. The minimum Gasteiger partial charge on any atom is -0.490 e. The quantitative estimate of drug-likeness (QED) is 0.809. The summed E-state index contributed by atoms with van der Waals surface area (Å²) in [5.74, 6) is 1.29. The average molecular weight is 257 g/mol. The van der Waals surface area contributed by atoms with Gasteiger partial charge >= 0.3 is 0 Å². The van der Waals surface area contributed by atoms with Crippen molar-refractivity contribution in [3.8, 4) is 5.75 Å². The van der Waals surface area contributed by atoms with Crippen LogP contribution in [0.4, 0.5) is 0 Å². The average Bonchev–Trinajstić information content (AvgIpc) is 2.96. The van der Waals surface area contributed by atoms with Gasteiger partial charge < -0.3 is 14.5 Å². The molecular weight excluding hydrogens is 242 g/mol. The van der Waals surface area contributed by atoms with Crippen LogP contribution < -0.4 is 10.1 Å². The van der Waals surface area contributed by atoms with Crippen molar-refractivity contribution in [2.75, 3.05) is 6.61 Å². The third-order valence-corrected chi connectivity index (χ3v) is 2.49. The van der Waals surface area contributed by atoms with E-state index in [0.717, 1.165) is 5.76 Å². The highest BCUT2D eigenvalue weighted by Gasteiger charge is 2.06. The molecule has 1 aromatic heterocycles. The fourth-order valence-corrected chi connectivity index (χ4v) is 1.54. The van der Waals surface area contributed by atoms with Gasteiger partial charge in [-0.25, -0.2) is 0 Å². The van der Waals surface area contributed by atoms with Gasteiger partial charge in [0.05, 0.1) is 12.8 Å². The van der Waals surface area contributed by atoms with E-state index >= 15 is 0 Å².